The van der Waals surface area contributed by atoms with Crippen molar-refractivity contribution in [1.82, 2.24) is 0 Å². The summed E-state index contributed by atoms with van der Waals surface area (Å²) in [6, 6.07) is 0. The monoisotopic (exact) mass is 1540 g/mol. The molecule has 21 aliphatic heterocycles. The van der Waals surface area contributed by atoms with Gasteiger partial charge in [0.15, 0.2) is 31.5 Å². The van der Waals surface area contributed by atoms with E-state index in [1.807, 2.05) is 19.8 Å². The summed E-state index contributed by atoms with van der Waals surface area (Å²) in [6.07, 6.45) is -69.6. The number of hydrogen-bond donors (Lipinski definition) is 20. The molecule has 21 aliphatic rings. The van der Waals surface area contributed by atoms with E-state index >= 15 is 0 Å². The maximum absolute atomic E-state index is 11.9. The molecule has 0 spiro atoms. The van der Waals surface area contributed by atoms with Gasteiger partial charge in [0.05, 0.1) is 26.4 Å². The van der Waals surface area contributed by atoms with Crippen molar-refractivity contribution >= 4 is 52.3 Å². The molecule has 21 heterocycles. The fourth-order valence-corrected chi connectivity index (χ4v) is 81.3. The van der Waals surface area contributed by atoms with Crippen LogP contribution in [-0.2, 0) is 71.1 Å². The number of hydrogen-bond acceptors (Lipinski definition) is 35. The van der Waals surface area contributed by atoms with Gasteiger partial charge in [-0.25, -0.2) is 0 Å². The van der Waals surface area contributed by atoms with Gasteiger partial charge in [-0.1, -0.05) is 0 Å². The SMILES string of the molecule is [CH3][Sn]([CH3])([Cl])[CH](CCOC[C@H]1O[C@@H]2O[C@H]3[C@H](O)[C@@H](O)[C@@H](O[C@H]4[C@H](O)[C@@H](O)[C@@H](O[C@H]5[C@H](O)[C@@H](O)[C@@H](O[C@H]6[C@H](O)[C@@H](O)[C@@H](O[C@H]7[C@H](O)[C@@H](O)[C@@H](O[C@H]8[C@H](O)[C@@H](O)[C@@H](O[C@H]1[C@H](O)[C@H]2O)O[C@@H]8CO)O[C@@H]7CO)O[C@@H]6CO)O[C@@H]5CO)O[C@@H]4CO)O[C@@H]3CO)[Sn]([CH3])([CH3])[Cl]. The van der Waals surface area contributed by atoms with Crippen molar-refractivity contribution in [2.75, 3.05) is 52.9 Å². The third kappa shape index (κ3) is 16.0. The van der Waals surface area contributed by atoms with E-state index < -0.39 is 296 Å². The Hall–Kier alpha value is 0.777. The number of rotatable bonds is 13. The molecule has 39 heteroatoms. The van der Waals surface area contributed by atoms with E-state index in [1.165, 1.54) is 0 Å². The van der Waals surface area contributed by atoms with Crippen LogP contribution in [-0.4, -0.2) is 404 Å². The molecule has 0 radical (unpaired) electrons. The molecule has 20 N–H and O–H groups in total. The Bertz CT molecular complexity index is 2120. The molecule has 0 aromatic heterocycles. The van der Waals surface area contributed by atoms with Gasteiger partial charge in [-0.3, -0.25) is 0 Å². The van der Waals surface area contributed by atoms with Crippen molar-refractivity contribution in [3.63, 3.8) is 0 Å². The molecule has 0 aromatic carbocycles. The van der Waals surface area contributed by atoms with E-state index in [2.05, 4.69) is 0 Å². The molecule has 21 fully saturated rings. The number of aliphatic hydroxyl groups excluding tert-OH is 20. The van der Waals surface area contributed by atoms with Crippen LogP contribution >= 0.6 is 17.8 Å². The van der Waals surface area contributed by atoms with E-state index in [0.717, 1.165) is 0 Å². The minimum atomic E-state index is -3.22. The van der Waals surface area contributed by atoms with Crippen LogP contribution in [0, 0.1) is 0 Å². The predicted octanol–water partition coefficient (Wildman–Crippen LogP) is -11.0. The Labute approximate surface area is 518 Å². The first kappa shape index (κ1) is 74.6. The molecule has 35 atom stereocenters. The summed E-state index contributed by atoms with van der Waals surface area (Å²) in [5.41, 5.74) is 0. The van der Waals surface area contributed by atoms with E-state index in [4.69, 9.17) is 88.9 Å². The van der Waals surface area contributed by atoms with Crippen LogP contribution in [0.15, 0.2) is 0 Å². The summed E-state index contributed by atoms with van der Waals surface area (Å²) in [5, 5.41) is 224. The molecule has 0 aromatic rings. The zero-order chi connectivity index (χ0) is 64.8. The molecule has 0 saturated carbocycles. The zero-order valence-corrected chi connectivity index (χ0v) is 55.2. The van der Waals surface area contributed by atoms with Crippen LogP contribution in [0.1, 0.15) is 6.42 Å². The average molecular weight is 1540 g/mol. The molecule has 514 valence electrons. The van der Waals surface area contributed by atoms with Crippen molar-refractivity contribution in [2.24, 2.45) is 0 Å². The van der Waals surface area contributed by atoms with Gasteiger partial charge in [0, 0.05) is 0 Å². The third-order valence-electron chi connectivity index (χ3n) is 17.1. The summed E-state index contributed by atoms with van der Waals surface area (Å²) in [5.74, 6) is 0. The second kappa shape index (κ2) is 31.5. The first-order valence-electron chi connectivity index (χ1n) is 28.7. The first-order valence-corrected chi connectivity index (χ1v) is 50.7. The van der Waals surface area contributed by atoms with Crippen molar-refractivity contribution < 1.29 is 173 Å². The Morgan fingerprint density at radius 2 is 0.455 bits per heavy atom. The van der Waals surface area contributed by atoms with Gasteiger partial charge in [0.25, 0.3) is 0 Å². The number of ether oxygens (including phenoxy) is 15. The Morgan fingerprint density at radius 3 is 0.625 bits per heavy atom. The summed E-state index contributed by atoms with van der Waals surface area (Å²) < 4.78 is 87.7. The van der Waals surface area contributed by atoms with Crippen molar-refractivity contribution in [3.05, 3.63) is 0 Å². The van der Waals surface area contributed by atoms with Gasteiger partial charge in [0.1, 0.15) is 97.7 Å². The van der Waals surface area contributed by atoms with E-state index in [1.54, 1.807) is 0 Å². The Balaban J connectivity index is 1.10. The molecule has 0 aliphatic carbocycles. The van der Waals surface area contributed by atoms with E-state index in [9.17, 15) is 102 Å². The van der Waals surface area contributed by atoms with Gasteiger partial charge < -0.3 is 119 Å². The number of halogens is 2. The van der Waals surface area contributed by atoms with Crippen LogP contribution in [0.5, 0.6) is 0 Å². The topological polar surface area (TPSA) is 543 Å². The van der Waals surface area contributed by atoms with Gasteiger partial charge in [-0.05, 0) is 0 Å². The summed E-state index contributed by atoms with van der Waals surface area (Å²) >= 11 is -6.44. The molecular weight excluding hydrogens is 1460 g/mol. The predicted molar refractivity (Wildman–Crippen MR) is 287 cm³/mol. The molecule has 35 nitrogen and oxygen atoms in total. The molecule has 88 heavy (non-hydrogen) atoms. The molecule has 0 amide bonds. The van der Waals surface area contributed by atoms with Crippen LogP contribution < -0.4 is 0 Å². The molecule has 0 unspecified atom stereocenters. The quantitative estimate of drug-likeness (QED) is 0.0601. The number of aliphatic hydroxyl groups is 20. The van der Waals surface area contributed by atoms with Gasteiger partial charge >= 0.3 is 247 Å². The summed E-state index contributed by atoms with van der Waals surface area (Å²) in [4.78, 5) is 8.03. The van der Waals surface area contributed by atoms with Gasteiger partial charge in [-0.2, -0.15) is 0 Å². The van der Waals surface area contributed by atoms with E-state index in [-0.39, 0.29) is 8.56 Å². The second-order valence-corrected chi connectivity index (χ2v) is 63.6. The summed E-state index contributed by atoms with van der Waals surface area (Å²) in [7, 11) is 13.9. The van der Waals surface area contributed by atoms with Gasteiger partial charge in [0.2, 0.25) is 0 Å². The molecule has 21 rings (SSSR count). The molecular formula is C49H86Cl2O35Sn2. The van der Waals surface area contributed by atoms with Crippen LogP contribution in [0.2, 0.25) is 21.7 Å². The summed E-state index contributed by atoms with van der Waals surface area (Å²) in [6.45, 7) is -6.75. The normalized spacial score (nSPS) is 50.4. The van der Waals surface area contributed by atoms with Crippen molar-refractivity contribution in [2.45, 2.75) is 243 Å². The van der Waals surface area contributed by atoms with Crippen molar-refractivity contribution in [3.8, 4) is 0 Å². The zero-order valence-electron chi connectivity index (χ0n) is 48.0. The van der Waals surface area contributed by atoms with Crippen LogP contribution in [0.25, 0.3) is 0 Å². The second-order valence-electron chi connectivity index (χ2n) is 24.0. The Kier molecular flexibility index (Phi) is 26.7. The van der Waals surface area contributed by atoms with E-state index in [0.29, 0.717) is 6.42 Å². The minimum absolute atomic E-state index is 0.0208. The standard InChI is InChI=1S/C45H74O35.4CH3.2ClH.2Sn/c1-2-3-66-10-17-38-24(58)31(65)45(73-17)79-37-16(9-51)71-43(29(63)22(37)56)77-35-14(7-49)69-41(27(61)20(35)54)75-33-12(5-47)67-39(25(59)18(33)52)74-32-11(4-46)68-40(26(60)19(32)53)76-34-13(6-48)70-42(28(62)21(34)55)78-36-15(8-50)72-44(80-38)30(64)23(36)57;;;;;;;;/h1,11-65H,2-10H2;4*1H3;2*1H;;/q;;;;;;;2*+1/p-2/t11-,12-,13-,14-,15-,16-,17-,18-,19-,20-,21-,22-,23-,24-,25-,26-,27-,28-,29-,30-,31-,32-,33-,34-,35-,36-,37-,38-,39-,40-,41-,42-,43-,44-,45-;;;;;;;;/m1......../s1. The molecule has 14 bridgehead atoms. The van der Waals surface area contributed by atoms with Crippen LogP contribution in [0.3, 0.4) is 0 Å². The maximum atomic E-state index is 11.9. The first-order chi connectivity index (χ1) is 41.4. The molecule has 21 saturated heterocycles. The Morgan fingerprint density at radius 1 is 0.284 bits per heavy atom. The van der Waals surface area contributed by atoms with Crippen molar-refractivity contribution in [1.29, 1.82) is 0 Å². The average Bonchev–Trinajstić information content (AvgIpc) is 1.01. The fraction of sp³-hybridized carbons (Fsp3) is 1.00. The fourth-order valence-electron chi connectivity index (χ4n) is 12.3. The third-order valence-corrected chi connectivity index (χ3v) is 66.4. The van der Waals surface area contributed by atoms with Gasteiger partial charge in [-0.15, -0.1) is 0 Å². The van der Waals surface area contributed by atoms with Crippen LogP contribution in [0.4, 0.5) is 0 Å².